The summed E-state index contributed by atoms with van der Waals surface area (Å²) in [6.45, 7) is 4.20. The van der Waals surface area contributed by atoms with Gasteiger partial charge in [0, 0.05) is 12.8 Å². The molecule has 0 aromatic carbocycles. The van der Waals surface area contributed by atoms with Crippen LogP contribution in [0.25, 0.3) is 0 Å². The molecule has 0 spiro atoms. The molecule has 0 fully saturated rings. The van der Waals surface area contributed by atoms with Crippen molar-refractivity contribution in [1.82, 2.24) is 0 Å². The lowest BCUT2D eigenvalue weighted by molar-refractivity contribution is -0.870. The second-order valence-electron chi connectivity index (χ2n) is 25.2. The number of phosphoric ester groups is 1. The number of ether oxygens (including phenoxy) is 2. The van der Waals surface area contributed by atoms with Crippen molar-refractivity contribution < 1.29 is 42.1 Å². The fraction of sp³-hybridized carbons (Fsp3) is 0.861. The number of likely N-dealkylation sites (N-methyl/N-ethyl adjacent to an activating group) is 1. The average Bonchev–Trinajstić information content (AvgIpc) is 3.46. The SMILES string of the molecule is CC/C=C\C/C=C\C/C=C\C/C=C\CCCCCCCCCCCCCCCCCCCCCCC(=O)OC(COC(=O)CCCCCCCCCCCCCCCCCCCCCCCCCCC)COP(=O)([O-])OCC[N+](C)(C)C. The van der Waals surface area contributed by atoms with Gasteiger partial charge < -0.3 is 27.9 Å². The predicted molar refractivity (Wildman–Crippen MR) is 351 cm³/mol. The van der Waals surface area contributed by atoms with Gasteiger partial charge in [0.1, 0.15) is 19.8 Å². The lowest BCUT2D eigenvalue weighted by Crippen LogP contribution is -2.37. The van der Waals surface area contributed by atoms with E-state index in [0.717, 1.165) is 57.8 Å². The van der Waals surface area contributed by atoms with Gasteiger partial charge in [0.25, 0.3) is 7.82 Å². The van der Waals surface area contributed by atoms with Gasteiger partial charge in [0.15, 0.2) is 6.10 Å². The molecule has 0 aliphatic rings. The first-order valence-corrected chi connectivity index (χ1v) is 36.8. The maximum atomic E-state index is 12.9. The van der Waals surface area contributed by atoms with Crippen LogP contribution in [0.2, 0.25) is 0 Å². The maximum absolute atomic E-state index is 12.9. The van der Waals surface area contributed by atoms with Crippen LogP contribution in [0.1, 0.15) is 348 Å². The zero-order valence-corrected chi connectivity index (χ0v) is 55.8. The molecule has 0 aromatic rings. The van der Waals surface area contributed by atoms with Gasteiger partial charge in [-0.3, -0.25) is 14.2 Å². The molecule has 0 saturated heterocycles. The Bertz CT molecular complexity index is 1520. The second kappa shape index (κ2) is 63.5. The summed E-state index contributed by atoms with van der Waals surface area (Å²) in [5, 5.41) is 0. The van der Waals surface area contributed by atoms with Crippen LogP contribution in [0.5, 0.6) is 0 Å². The molecule has 0 aliphatic carbocycles. The molecular formula is C72H136NO8P. The monoisotopic (exact) mass is 1170 g/mol. The number of hydrogen-bond donors (Lipinski definition) is 0. The quantitative estimate of drug-likeness (QED) is 0.0195. The molecule has 0 heterocycles. The average molecular weight is 1170 g/mol. The fourth-order valence-corrected chi connectivity index (χ4v) is 11.2. The highest BCUT2D eigenvalue weighted by atomic mass is 31.2. The lowest BCUT2D eigenvalue weighted by Gasteiger charge is -2.28. The summed E-state index contributed by atoms with van der Waals surface area (Å²) in [5.74, 6) is -0.811. The van der Waals surface area contributed by atoms with Crippen molar-refractivity contribution in [3.8, 4) is 0 Å². The first-order chi connectivity index (χ1) is 40.0. The third-order valence-electron chi connectivity index (χ3n) is 15.9. The number of carbonyl (C=O) groups excluding carboxylic acids is 2. The molecule has 0 aliphatic heterocycles. The van der Waals surface area contributed by atoms with E-state index in [0.29, 0.717) is 17.4 Å². The van der Waals surface area contributed by atoms with Crippen LogP contribution in [0.15, 0.2) is 48.6 Å². The molecule has 0 saturated carbocycles. The van der Waals surface area contributed by atoms with Crippen LogP contribution in [0.4, 0.5) is 0 Å². The van der Waals surface area contributed by atoms with Crippen molar-refractivity contribution in [2.75, 3.05) is 47.5 Å². The van der Waals surface area contributed by atoms with Gasteiger partial charge in [0.05, 0.1) is 27.7 Å². The number of rotatable bonds is 66. The Morgan fingerprint density at radius 2 is 0.695 bits per heavy atom. The Morgan fingerprint density at radius 1 is 0.390 bits per heavy atom. The topological polar surface area (TPSA) is 111 Å². The molecule has 0 rings (SSSR count). The van der Waals surface area contributed by atoms with Crippen molar-refractivity contribution in [3.63, 3.8) is 0 Å². The van der Waals surface area contributed by atoms with E-state index in [4.69, 9.17) is 18.5 Å². The van der Waals surface area contributed by atoms with E-state index in [-0.39, 0.29) is 32.0 Å². The van der Waals surface area contributed by atoms with E-state index < -0.39 is 26.5 Å². The molecule has 0 N–H and O–H groups in total. The minimum Gasteiger partial charge on any atom is -0.756 e. The van der Waals surface area contributed by atoms with E-state index in [2.05, 4.69) is 62.5 Å². The first-order valence-electron chi connectivity index (χ1n) is 35.3. The van der Waals surface area contributed by atoms with Gasteiger partial charge in [-0.05, 0) is 51.4 Å². The third kappa shape index (κ3) is 67.1. The van der Waals surface area contributed by atoms with Crippen molar-refractivity contribution >= 4 is 19.8 Å². The highest BCUT2D eigenvalue weighted by Crippen LogP contribution is 2.38. The normalized spacial score (nSPS) is 13.4. The van der Waals surface area contributed by atoms with Gasteiger partial charge in [0.2, 0.25) is 0 Å². The summed E-state index contributed by atoms with van der Waals surface area (Å²) in [5.41, 5.74) is 0. The highest BCUT2D eigenvalue weighted by Gasteiger charge is 2.22. The van der Waals surface area contributed by atoms with Gasteiger partial charge in [-0.2, -0.15) is 0 Å². The second-order valence-corrected chi connectivity index (χ2v) is 26.6. The molecule has 10 heteroatoms. The van der Waals surface area contributed by atoms with Crippen LogP contribution >= 0.6 is 7.82 Å². The van der Waals surface area contributed by atoms with Crippen molar-refractivity contribution in [2.24, 2.45) is 0 Å². The standard InChI is InChI=1S/C72H136NO8P/c1-6-8-10-12-14-16-18-20-22-24-26-28-30-32-33-34-35-36-37-38-39-41-43-45-47-49-51-53-55-57-59-61-63-65-72(75)81-70(69-80-82(76,77)79-67-66-73(3,4)5)68-78-71(74)64-62-60-58-56-54-52-50-48-46-44-42-40-31-29-27-25-23-21-19-17-15-13-11-9-7-2/h8,10,14,16,20,22,26,28,70H,6-7,9,11-13,15,17-19,21,23-25,27,29-69H2,1-5H3/b10-8-,16-14-,22-20-,28-26-. The molecule has 482 valence electrons. The van der Waals surface area contributed by atoms with Crippen molar-refractivity contribution in [3.05, 3.63) is 48.6 Å². The summed E-state index contributed by atoms with van der Waals surface area (Å²) >= 11 is 0. The number of allylic oxidation sites excluding steroid dienone is 8. The number of quaternary nitrogens is 1. The number of phosphoric acid groups is 1. The largest absolute Gasteiger partial charge is 0.756 e. The number of nitrogens with zero attached hydrogens (tertiary/aromatic N) is 1. The van der Waals surface area contributed by atoms with E-state index in [9.17, 15) is 19.0 Å². The fourth-order valence-electron chi connectivity index (χ4n) is 10.5. The summed E-state index contributed by atoms with van der Waals surface area (Å²) in [7, 11) is 1.19. The molecule has 9 nitrogen and oxygen atoms in total. The van der Waals surface area contributed by atoms with Crippen molar-refractivity contribution in [1.29, 1.82) is 0 Å². The molecule has 0 radical (unpaired) electrons. The molecule has 2 atom stereocenters. The van der Waals surface area contributed by atoms with Crippen molar-refractivity contribution in [2.45, 2.75) is 354 Å². The molecular weight excluding hydrogens is 1040 g/mol. The molecule has 82 heavy (non-hydrogen) atoms. The van der Waals surface area contributed by atoms with Crippen LogP contribution in [-0.4, -0.2) is 70.0 Å². The van der Waals surface area contributed by atoms with Gasteiger partial charge in [-0.15, -0.1) is 0 Å². The Morgan fingerprint density at radius 3 is 1.04 bits per heavy atom. The third-order valence-corrected chi connectivity index (χ3v) is 16.8. The van der Waals surface area contributed by atoms with E-state index >= 15 is 0 Å². The predicted octanol–water partition coefficient (Wildman–Crippen LogP) is 22.2. The number of carbonyl (C=O) groups is 2. The highest BCUT2D eigenvalue weighted by molar-refractivity contribution is 7.45. The first kappa shape index (κ1) is 80.0. The minimum atomic E-state index is -4.64. The Labute approximate surface area is 509 Å². The molecule has 0 aromatic heterocycles. The van der Waals surface area contributed by atoms with Crippen LogP contribution < -0.4 is 4.89 Å². The molecule has 2 unspecified atom stereocenters. The van der Waals surface area contributed by atoms with Crippen LogP contribution in [0.3, 0.4) is 0 Å². The van der Waals surface area contributed by atoms with E-state index in [1.807, 2.05) is 21.1 Å². The van der Waals surface area contributed by atoms with Gasteiger partial charge >= 0.3 is 11.9 Å². The number of unbranched alkanes of at least 4 members (excludes halogenated alkanes) is 44. The lowest BCUT2D eigenvalue weighted by atomic mass is 10.0. The minimum absolute atomic E-state index is 0.0279. The van der Waals surface area contributed by atoms with Gasteiger partial charge in [-0.25, -0.2) is 0 Å². The zero-order valence-electron chi connectivity index (χ0n) is 55.0. The Balaban J connectivity index is 3.98. The summed E-state index contributed by atoms with van der Waals surface area (Å²) in [6, 6.07) is 0. The van der Waals surface area contributed by atoms with Crippen LogP contribution in [-0.2, 0) is 32.7 Å². The van der Waals surface area contributed by atoms with Crippen LogP contribution in [0, 0.1) is 0 Å². The Hall–Kier alpha value is -2.03. The van der Waals surface area contributed by atoms with E-state index in [1.54, 1.807) is 0 Å². The van der Waals surface area contributed by atoms with Gasteiger partial charge in [-0.1, -0.05) is 332 Å². The summed E-state index contributed by atoms with van der Waals surface area (Å²) < 4.78 is 34.3. The number of hydrogen-bond acceptors (Lipinski definition) is 8. The Kier molecular flexibility index (Phi) is 61.9. The van der Waals surface area contributed by atoms with E-state index in [1.165, 1.54) is 257 Å². The molecule has 0 bridgehead atoms. The summed E-state index contributed by atoms with van der Waals surface area (Å²) in [4.78, 5) is 38.1. The summed E-state index contributed by atoms with van der Waals surface area (Å²) in [6.07, 6.45) is 82.0. The molecule has 0 amide bonds. The zero-order chi connectivity index (χ0) is 59.8. The maximum Gasteiger partial charge on any atom is 0.306 e. The smallest absolute Gasteiger partial charge is 0.306 e. The number of esters is 2.